The Morgan fingerprint density at radius 3 is 0.724 bits per heavy atom. The number of benzene rings is 10. The molecule has 2 N–H and O–H groups in total. The van der Waals surface area contributed by atoms with Gasteiger partial charge >= 0.3 is 31.3 Å². The second-order valence-corrected chi connectivity index (χ2v) is 38.1. The van der Waals surface area contributed by atoms with E-state index in [0.717, 1.165) is 128 Å². The van der Waals surface area contributed by atoms with Crippen LogP contribution in [0.1, 0.15) is 252 Å². The normalized spacial score (nSPS) is 17.9. The van der Waals surface area contributed by atoms with Crippen molar-refractivity contribution in [2.45, 2.75) is 204 Å². The van der Waals surface area contributed by atoms with Gasteiger partial charge in [0.05, 0.1) is 11.1 Å². The topological polar surface area (TPSA) is 195 Å². The van der Waals surface area contributed by atoms with Gasteiger partial charge in [-0.25, -0.2) is 0 Å². The third-order valence-electron chi connectivity index (χ3n) is 24.7. The van der Waals surface area contributed by atoms with Gasteiger partial charge in [-0.15, -0.1) is 0 Å². The fraction of sp³-hybridized carbons (Fsp3) is 0.333. The molecule has 0 radical (unpaired) electrons. The van der Waals surface area contributed by atoms with Gasteiger partial charge in [0.2, 0.25) is 0 Å². The van der Waals surface area contributed by atoms with Crippen LogP contribution in [0.15, 0.2) is 194 Å². The van der Waals surface area contributed by atoms with Crippen molar-refractivity contribution in [3.8, 4) is 67.5 Å². The Morgan fingerprint density at radius 2 is 0.491 bits per heavy atom. The first kappa shape index (κ1) is 86.4. The van der Waals surface area contributed by atoms with Gasteiger partial charge < -0.3 is 18.6 Å². The van der Waals surface area contributed by atoms with E-state index in [9.17, 15) is 72.6 Å². The highest BCUT2D eigenvalue weighted by atomic mass is 32.2. The van der Waals surface area contributed by atoms with Crippen molar-refractivity contribution in [3.05, 3.63) is 283 Å². The van der Waals surface area contributed by atoms with Gasteiger partial charge in [0.15, 0.2) is 36.6 Å². The minimum absolute atomic E-state index is 0. The number of aromatic hydroxyl groups is 2. The average molecular weight is 1620 g/mol. The summed E-state index contributed by atoms with van der Waals surface area (Å²) in [4.78, 5) is 50.7. The molecule has 3 spiro atoms. The first-order valence-electron chi connectivity index (χ1n) is 37.3. The first-order valence-corrected chi connectivity index (χ1v) is 40.2. The van der Waals surface area contributed by atoms with Crippen molar-refractivity contribution in [2.24, 2.45) is 0 Å². The van der Waals surface area contributed by atoms with Crippen LogP contribution >= 0.6 is 0 Å². The summed E-state index contributed by atoms with van der Waals surface area (Å²) >= 11 is 0. The highest BCUT2D eigenvalue weighted by Gasteiger charge is 2.63. The standard InChI is InChI=1S/C35H32O2.C33H32O2.C25H22F6O8S2.3CH4/c1-33(2)21-35(31-27(19-36)25(15-17-29(31)33)23-11-7-5-8-12-23)22-34(3,4)30-18-16-26(28(20-37)32(30)35)24-13-9-6-10-14-24;1-31(2)19-33(27-25(31)17-15-23(29(27)34)21-11-7-5-8-12-21)20-32(3,4)26-18-16-24(30(35)28(26)33)22-13-9-6-10-14-22;1-21(2)11-23(19-13(9-32)17(7-5-15(19)21)38-40(34,35)24(26,27)28)12-22(3,4)16-6-8-18(14(10-33)20(16)23)39-41(36,37)25(29,30)31;;;/h5-20H,21-22H2,1-4H3;5-18,34-35H,19-20H2,1-4H3;5-10H,11-12H2,1-4H3;3*1H4. The van der Waals surface area contributed by atoms with Crippen molar-refractivity contribution in [2.75, 3.05) is 0 Å². The van der Waals surface area contributed by atoms with E-state index in [2.05, 4.69) is 137 Å². The van der Waals surface area contributed by atoms with Crippen LogP contribution in [0.2, 0.25) is 0 Å². The zero-order valence-corrected chi connectivity index (χ0v) is 66.2. The molecule has 0 aliphatic heterocycles. The smallest absolute Gasteiger partial charge is 0.507 e. The zero-order chi connectivity index (χ0) is 81.8. The summed E-state index contributed by atoms with van der Waals surface area (Å²) in [5.41, 5.74) is 1.65. The number of halogens is 6. The molecule has 0 heterocycles. The number of hydrogen-bond acceptors (Lipinski definition) is 12. The lowest BCUT2D eigenvalue weighted by atomic mass is 9.69. The van der Waals surface area contributed by atoms with E-state index in [0.29, 0.717) is 22.6 Å². The van der Waals surface area contributed by atoms with E-state index < -0.39 is 81.0 Å². The minimum Gasteiger partial charge on any atom is -0.507 e. The van der Waals surface area contributed by atoms with E-state index in [1.807, 2.05) is 97.1 Å². The summed E-state index contributed by atoms with van der Waals surface area (Å²) < 4.78 is 135. The van der Waals surface area contributed by atoms with Gasteiger partial charge in [0, 0.05) is 49.6 Å². The minimum atomic E-state index is -6.21. The molecule has 0 fully saturated rings. The maximum absolute atomic E-state index is 13.1. The molecule has 6 aliphatic carbocycles. The average Bonchev–Trinajstić information content (AvgIpc) is 1.53. The van der Waals surface area contributed by atoms with Crippen molar-refractivity contribution >= 4 is 45.4 Å². The van der Waals surface area contributed by atoms with Crippen LogP contribution in [-0.2, 0) is 69.0 Å². The summed E-state index contributed by atoms with van der Waals surface area (Å²) in [5.74, 6) is -1.18. The summed E-state index contributed by atoms with van der Waals surface area (Å²) in [6, 6.07) is 62.1. The summed E-state index contributed by atoms with van der Waals surface area (Å²) in [6.45, 7) is 25.0. The second kappa shape index (κ2) is 29.3. The van der Waals surface area contributed by atoms with Crippen LogP contribution in [0.3, 0.4) is 0 Å². The quantitative estimate of drug-likeness (QED) is 0.0509. The van der Waals surface area contributed by atoms with Crippen molar-refractivity contribution in [1.29, 1.82) is 0 Å². The molecule has 608 valence electrons. The first-order chi connectivity index (χ1) is 52.8. The number of phenolic OH excluding ortho intramolecular Hbond substituents is 2. The second-order valence-electron chi connectivity index (χ2n) is 35.0. The molecule has 116 heavy (non-hydrogen) atoms. The lowest BCUT2D eigenvalue weighted by molar-refractivity contribution is -0.0505. The molecule has 12 nitrogen and oxygen atoms in total. The number of carbonyl (C=O) groups excluding carboxylic acids is 4. The van der Waals surface area contributed by atoms with Crippen LogP contribution in [0.4, 0.5) is 26.3 Å². The lowest BCUT2D eigenvalue weighted by Crippen LogP contribution is -2.31. The molecule has 10 aromatic carbocycles. The van der Waals surface area contributed by atoms with E-state index in [4.69, 9.17) is 0 Å². The lowest BCUT2D eigenvalue weighted by Gasteiger charge is -2.32. The number of alkyl halides is 6. The van der Waals surface area contributed by atoms with E-state index in [-0.39, 0.29) is 80.5 Å². The number of aldehydes is 4. The molecular weight excluding hydrogens is 1520 g/mol. The van der Waals surface area contributed by atoms with Crippen molar-refractivity contribution < 1.29 is 80.9 Å². The SMILES string of the molecule is C.C.C.CC1(C)CC2(CC(C)(C)c3ccc(-c4ccccc4)c(C=O)c32)c2c1ccc(-c1ccccc1)c2C=O.CC1(C)CC2(CC(C)(C)c3ccc(-c4ccccc4)c(O)c32)c2c1ccc(-c1ccccc1)c2O.CC1(C)CC2(CC(C)(C)c3ccc(OS(=O)(=O)C(F)(F)F)c(C=O)c32)c2c1ccc(OS(=O)(=O)C(F)(F)F)c2C=O. The van der Waals surface area contributed by atoms with Crippen LogP contribution < -0.4 is 8.37 Å². The Morgan fingerprint density at radius 1 is 0.293 bits per heavy atom. The molecule has 0 saturated heterocycles. The third-order valence-corrected chi connectivity index (χ3v) is 26.7. The van der Waals surface area contributed by atoms with Crippen LogP contribution in [0.5, 0.6) is 23.0 Å². The fourth-order valence-corrected chi connectivity index (χ4v) is 22.1. The molecule has 16 rings (SSSR count). The van der Waals surface area contributed by atoms with Crippen LogP contribution in [-0.4, -0.2) is 63.2 Å². The highest BCUT2D eigenvalue weighted by molar-refractivity contribution is 7.88. The Bertz CT molecular complexity index is 5470. The Labute approximate surface area is 676 Å². The Balaban J connectivity index is 0.000000169. The van der Waals surface area contributed by atoms with Crippen molar-refractivity contribution in [1.82, 2.24) is 0 Å². The predicted octanol–water partition coefficient (Wildman–Crippen LogP) is 23.7. The van der Waals surface area contributed by atoms with Crippen molar-refractivity contribution in [3.63, 3.8) is 0 Å². The number of hydrogen-bond donors (Lipinski definition) is 2. The van der Waals surface area contributed by atoms with Gasteiger partial charge in [0.25, 0.3) is 0 Å². The number of phenols is 2. The van der Waals surface area contributed by atoms with Crippen LogP contribution in [0.25, 0.3) is 44.5 Å². The summed E-state index contributed by atoms with van der Waals surface area (Å²) in [6.07, 6.45) is 5.85. The van der Waals surface area contributed by atoms with Gasteiger partial charge in [0.1, 0.15) is 11.5 Å². The predicted molar refractivity (Wildman–Crippen MR) is 445 cm³/mol. The maximum Gasteiger partial charge on any atom is 0.534 e. The number of rotatable bonds is 12. The monoisotopic (exact) mass is 1620 g/mol. The van der Waals surface area contributed by atoms with Gasteiger partial charge in [-0.1, -0.05) is 287 Å². The molecule has 0 amide bonds. The van der Waals surface area contributed by atoms with Gasteiger partial charge in [-0.3, -0.25) is 19.2 Å². The molecule has 0 aromatic heterocycles. The fourth-order valence-electron chi connectivity index (χ4n) is 21.2. The maximum atomic E-state index is 13.1. The number of fused-ring (bicyclic) bond motifs is 12. The van der Waals surface area contributed by atoms with E-state index >= 15 is 0 Å². The summed E-state index contributed by atoms with van der Waals surface area (Å²) in [7, 11) is -12.4. The molecule has 6 aliphatic rings. The molecule has 0 unspecified atom stereocenters. The third kappa shape index (κ3) is 13.5. The molecule has 0 bridgehead atoms. The Kier molecular flexibility index (Phi) is 21.8. The number of carbonyl (C=O) groups is 4. The molecule has 0 saturated carbocycles. The van der Waals surface area contributed by atoms with E-state index in [1.54, 1.807) is 27.7 Å². The van der Waals surface area contributed by atoms with Gasteiger partial charge in [-0.05, 0) is 172 Å². The van der Waals surface area contributed by atoms with E-state index in [1.165, 1.54) is 34.4 Å². The zero-order valence-electron chi connectivity index (χ0n) is 64.6. The van der Waals surface area contributed by atoms with Crippen LogP contribution in [0, 0.1) is 0 Å². The molecule has 20 heteroatoms. The largest absolute Gasteiger partial charge is 0.534 e. The molecule has 0 atom stereocenters. The molecular formula is C96H98F6O12S2. The Hall–Kier alpha value is -10.4. The van der Waals surface area contributed by atoms with Gasteiger partial charge in [-0.2, -0.15) is 43.2 Å². The molecule has 10 aromatic rings. The highest BCUT2D eigenvalue weighted by Crippen LogP contribution is 2.70. The summed E-state index contributed by atoms with van der Waals surface area (Å²) in [5, 5.41) is 23.8.